The average molecular weight is 640 g/mol. The third-order valence-corrected chi connectivity index (χ3v) is 9.94. The molecule has 0 atom stereocenters. The Morgan fingerprint density at radius 2 is 1.46 bits per heavy atom. The molecular formula is C35H37N5O5S. The van der Waals surface area contributed by atoms with Crippen LogP contribution in [0.25, 0.3) is 11.0 Å². The van der Waals surface area contributed by atoms with E-state index >= 15 is 0 Å². The van der Waals surface area contributed by atoms with E-state index in [0.29, 0.717) is 59.7 Å². The van der Waals surface area contributed by atoms with Gasteiger partial charge in [-0.1, -0.05) is 24.3 Å². The number of piperazine rings is 1. The minimum Gasteiger partial charge on any atom is -0.451 e. The average Bonchev–Trinajstić information content (AvgIpc) is 3.50. The Balaban J connectivity index is 0.988. The minimum absolute atomic E-state index is 0.0561. The Kier molecular flexibility index (Phi) is 9.22. The summed E-state index contributed by atoms with van der Waals surface area (Å²) in [4.78, 5) is 33.1. The molecule has 0 saturated carbocycles. The zero-order chi connectivity index (χ0) is 32.3. The van der Waals surface area contributed by atoms with Crippen LogP contribution < -0.4 is 5.32 Å². The quantitative estimate of drug-likeness (QED) is 0.306. The van der Waals surface area contributed by atoms with Gasteiger partial charge < -0.3 is 14.6 Å². The van der Waals surface area contributed by atoms with E-state index < -0.39 is 9.84 Å². The number of likely N-dealkylation sites (tertiary alicyclic amines) is 1. The highest BCUT2D eigenvalue weighted by atomic mass is 32.2. The smallest absolute Gasteiger partial charge is 0.287 e. The highest BCUT2D eigenvalue weighted by molar-refractivity contribution is 7.90. The lowest BCUT2D eigenvalue weighted by Crippen LogP contribution is -2.48. The van der Waals surface area contributed by atoms with Crippen LogP contribution in [-0.2, 0) is 22.9 Å². The molecule has 0 bridgehead atoms. The summed E-state index contributed by atoms with van der Waals surface area (Å²) in [6.45, 7) is 5.84. The van der Waals surface area contributed by atoms with Crippen LogP contribution in [0.1, 0.15) is 50.4 Å². The van der Waals surface area contributed by atoms with E-state index in [1.165, 1.54) is 11.8 Å². The zero-order valence-corrected chi connectivity index (χ0v) is 26.6. The maximum Gasteiger partial charge on any atom is 0.287 e. The first kappa shape index (κ1) is 31.5. The second-order valence-corrected chi connectivity index (χ2v) is 14.2. The van der Waals surface area contributed by atoms with Gasteiger partial charge in [-0.2, -0.15) is 5.26 Å². The third-order valence-electron chi connectivity index (χ3n) is 8.82. The summed E-state index contributed by atoms with van der Waals surface area (Å²) < 4.78 is 29.3. The molecule has 6 rings (SSSR count). The Morgan fingerprint density at radius 3 is 2.07 bits per heavy atom. The number of furan rings is 1. The van der Waals surface area contributed by atoms with Gasteiger partial charge in [-0.15, -0.1) is 0 Å². The van der Waals surface area contributed by atoms with Gasteiger partial charge in [0.15, 0.2) is 15.6 Å². The molecule has 0 spiro atoms. The van der Waals surface area contributed by atoms with Crippen molar-refractivity contribution in [2.24, 2.45) is 0 Å². The summed E-state index contributed by atoms with van der Waals surface area (Å²) >= 11 is 0. The number of carbonyl (C=O) groups excluding carboxylic acids is 2. The predicted molar refractivity (Wildman–Crippen MR) is 174 cm³/mol. The number of nitrogens with one attached hydrogen (secondary N) is 1. The Morgan fingerprint density at radius 1 is 0.848 bits per heavy atom. The number of benzene rings is 3. The molecule has 0 unspecified atom stereocenters. The number of hydrogen-bond donors (Lipinski definition) is 1. The van der Waals surface area contributed by atoms with Crippen LogP contribution >= 0.6 is 0 Å². The summed E-state index contributed by atoms with van der Waals surface area (Å²) in [6, 6.07) is 23.8. The molecule has 10 nitrogen and oxygen atoms in total. The molecule has 0 radical (unpaired) electrons. The van der Waals surface area contributed by atoms with Crippen molar-refractivity contribution in [2.45, 2.75) is 36.9 Å². The molecule has 3 heterocycles. The van der Waals surface area contributed by atoms with Crippen molar-refractivity contribution >= 4 is 32.6 Å². The number of rotatable bonds is 8. The first-order valence-corrected chi connectivity index (χ1v) is 17.4. The fourth-order valence-electron chi connectivity index (χ4n) is 6.12. The van der Waals surface area contributed by atoms with E-state index in [1.54, 1.807) is 36.4 Å². The SMILES string of the molecule is CS(=O)(=O)c1ccc(CN2CCN(C(=O)c3ccc4oc(C(=O)NC5CCN(Cc6ccc(C#N)cc6)CC5)cc4c3)CC2)cc1. The van der Waals surface area contributed by atoms with Crippen molar-refractivity contribution in [3.8, 4) is 6.07 Å². The number of hydrogen-bond acceptors (Lipinski definition) is 8. The molecule has 2 saturated heterocycles. The Hall–Kier alpha value is -4.50. The Bertz CT molecular complexity index is 1860. The molecular weight excluding hydrogens is 602 g/mol. The number of amides is 2. The van der Waals surface area contributed by atoms with Gasteiger partial charge in [-0.05, 0) is 72.5 Å². The van der Waals surface area contributed by atoms with Crippen LogP contribution in [0.2, 0.25) is 0 Å². The second kappa shape index (κ2) is 13.5. The number of nitrogens with zero attached hydrogens (tertiary/aromatic N) is 4. The summed E-state index contributed by atoms with van der Waals surface area (Å²) in [5, 5.41) is 12.8. The number of sulfone groups is 1. The molecule has 2 fully saturated rings. The van der Waals surface area contributed by atoms with E-state index in [1.807, 2.05) is 41.3 Å². The second-order valence-electron chi connectivity index (χ2n) is 12.2. The normalized spacial score (nSPS) is 16.7. The van der Waals surface area contributed by atoms with Gasteiger partial charge in [0.25, 0.3) is 11.8 Å². The monoisotopic (exact) mass is 639 g/mol. The lowest BCUT2D eigenvalue weighted by atomic mass is 10.0. The maximum absolute atomic E-state index is 13.3. The van der Waals surface area contributed by atoms with E-state index in [-0.39, 0.29) is 23.6 Å². The fraction of sp³-hybridized carbons (Fsp3) is 0.343. The fourth-order valence-corrected chi connectivity index (χ4v) is 6.75. The van der Waals surface area contributed by atoms with Gasteiger partial charge in [0.05, 0.1) is 16.5 Å². The molecule has 3 aromatic carbocycles. The van der Waals surface area contributed by atoms with Crippen molar-refractivity contribution in [3.05, 3.63) is 101 Å². The summed E-state index contributed by atoms with van der Waals surface area (Å²) in [5.41, 5.74) is 3.97. The number of carbonyl (C=O) groups is 2. The third kappa shape index (κ3) is 7.48. The first-order chi connectivity index (χ1) is 22.1. The van der Waals surface area contributed by atoms with Crippen molar-refractivity contribution < 1.29 is 22.4 Å². The topological polar surface area (TPSA) is 127 Å². The van der Waals surface area contributed by atoms with Crippen LogP contribution in [0.4, 0.5) is 0 Å². The molecule has 238 valence electrons. The highest BCUT2D eigenvalue weighted by Gasteiger charge is 2.25. The molecule has 4 aromatic rings. The Labute approximate surface area is 269 Å². The van der Waals surface area contributed by atoms with Crippen molar-refractivity contribution in [1.29, 1.82) is 5.26 Å². The van der Waals surface area contributed by atoms with Crippen LogP contribution in [0.3, 0.4) is 0 Å². The molecule has 1 N–H and O–H groups in total. The van der Waals surface area contributed by atoms with Gasteiger partial charge in [-0.3, -0.25) is 19.4 Å². The standard InChI is InChI=1S/C35H37N5O5S/c1-46(43,44)31-9-6-27(7-10-31)24-39-16-18-40(19-17-39)35(42)28-8-11-32-29(20-28)21-33(45-32)34(41)37-30-12-14-38(15-13-30)23-26-4-2-25(22-36)3-5-26/h2-11,20-21,30H,12-19,23-24H2,1H3,(H,37,41). The summed E-state index contributed by atoms with van der Waals surface area (Å²) in [7, 11) is -3.22. The van der Waals surface area contributed by atoms with E-state index in [9.17, 15) is 18.0 Å². The van der Waals surface area contributed by atoms with Gasteiger partial charge in [0.1, 0.15) is 5.58 Å². The summed E-state index contributed by atoms with van der Waals surface area (Å²) in [6.07, 6.45) is 2.87. The van der Waals surface area contributed by atoms with Crippen LogP contribution in [0, 0.1) is 11.3 Å². The van der Waals surface area contributed by atoms with E-state index in [0.717, 1.165) is 38.0 Å². The lowest BCUT2D eigenvalue weighted by Gasteiger charge is -2.34. The van der Waals surface area contributed by atoms with Crippen molar-refractivity contribution in [2.75, 3.05) is 45.5 Å². The molecule has 2 amide bonds. The summed E-state index contributed by atoms with van der Waals surface area (Å²) in [5.74, 6) is -0.0754. The maximum atomic E-state index is 13.3. The van der Waals surface area contributed by atoms with E-state index in [4.69, 9.17) is 9.68 Å². The first-order valence-electron chi connectivity index (χ1n) is 15.5. The van der Waals surface area contributed by atoms with Gasteiger partial charge in [0.2, 0.25) is 0 Å². The minimum atomic E-state index is -3.22. The van der Waals surface area contributed by atoms with Gasteiger partial charge in [-0.25, -0.2) is 8.42 Å². The van der Waals surface area contributed by atoms with Crippen molar-refractivity contribution in [3.63, 3.8) is 0 Å². The van der Waals surface area contributed by atoms with Crippen molar-refractivity contribution in [1.82, 2.24) is 20.0 Å². The zero-order valence-electron chi connectivity index (χ0n) is 25.8. The predicted octanol–water partition coefficient (Wildman–Crippen LogP) is 4.06. The lowest BCUT2D eigenvalue weighted by molar-refractivity contribution is 0.0628. The highest BCUT2D eigenvalue weighted by Crippen LogP contribution is 2.23. The van der Waals surface area contributed by atoms with Crippen LogP contribution in [0.5, 0.6) is 0 Å². The molecule has 46 heavy (non-hydrogen) atoms. The molecule has 2 aliphatic rings. The molecule has 0 aliphatic carbocycles. The van der Waals surface area contributed by atoms with E-state index in [2.05, 4.69) is 21.2 Å². The molecule has 1 aromatic heterocycles. The molecule has 11 heteroatoms. The number of nitriles is 1. The van der Waals surface area contributed by atoms with Gasteiger partial charge >= 0.3 is 0 Å². The van der Waals surface area contributed by atoms with Crippen LogP contribution in [-0.4, -0.2) is 86.5 Å². The molecule has 2 aliphatic heterocycles. The number of fused-ring (bicyclic) bond motifs is 1. The van der Waals surface area contributed by atoms with Crippen LogP contribution in [0.15, 0.2) is 82.1 Å². The van der Waals surface area contributed by atoms with Gasteiger partial charge in [0, 0.05) is 75.6 Å². The largest absolute Gasteiger partial charge is 0.451 e. The number of piperidine rings is 1.